The number of aryl methyl sites for hydroxylation is 1. The van der Waals surface area contributed by atoms with Crippen LogP contribution in [0.3, 0.4) is 0 Å². The maximum atomic E-state index is 5.95. The Hall–Kier alpha value is -2.36. The van der Waals surface area contributed by atoms with Crippen LogP contribution in [0, 0.1) is 12.8 Å². The number of ether oxygens (including phenoxy) is 1. The van der Waals surface area contributed by atoms with Gasteiger partial charge in [0.25, 0.3) is 0 Å². The Morgan fingerprint density at radius 2 is 1.95 bits per heavy atom. The van der Waals surface area contributed by atoms with Gasteiger partial charge in [0.2, 0.25) is 0 Å². The number of rotatable bonds is 5. The number of benzene rings is 1. The molecular formula is C18H19N3O. The monoisotopic (exact) mass is 293 g/mol. The summed E-state index contributed by atoms with van der Waals surface area (Å²) >= 11 is 0. The summed E-state index contributed by atoms with van der Waals surface area (Å²) < 4.78 is 8.05. The first-order valence-electron chi connectivity index (χ1n) is 7.81. The second kappa shape index (κ2) is 5.44. The SMILES string of the molecule is Cc1c(OCc2ccccc2)ccn2c(CC3CC3)nnc12. The van der Waals surface area contributed by atoms with Crippen molar-refractivity contribution in [3.05, 3.63) is 59.5 Å². The topological polar surface area (TPSA) is 39.4 Å². The number of fused-ring (bicyclic) bond motifs is 1. The molecule has 22 heavy (non-hydrogen) atoms. The molecule has 1 fully saturated rings. The minimum absolute atomic E-state index is 0.570. The van der Waals surface area contributed by atoms with Crippen molar-refractivity contribution in [3.8, 4) is 5.75 Å². The van der Waals surface area contributed by atoms with E-state index in [-0.39, 0.29) is 0 Å². The van der Waals surface area contributed by atoms with Gasteiger partial charge in [-0.3, -0.25) is 4.40 Å². The van der Waals surface area contributed by atoms with E-state index >= 15 is 0 Å². The minimum Gasteiger partial charge on any atom is -0.488 e. The molecule has 0 unspecified atom stereocenters. The van der Waals surface area contributed by atoms with Crippen LogP contribution in [0.4, 0.5) is 0 Å². The molecular weight excluding hydrogens is 274 g/mol. The molecule has 0 atom stereocenters. The predicted octanol–water partition coefficient (Wildman–Crippen LogP) is 3.57. The standard InChI is InChI=1S/C18H19N3O/c1-13-16(22-12-15-5-3-2-4-6-15)9-10-21-17(11-14-7-8-14)19-20-18(13)21/h2-6,9-10,14H,7-8,11-12H2,1H3. The van der Waals surface area contributed by atoms with Gasteiger partial charge in [0.15, 0.2) is 5.65 Å². The van der Waals surface area contributed by atoms with E-state index in [4.69, 9.17) is 4.74 Å². The fraction of sp³-hybridized carbons (Fsp3) is 0.333. The van der Waals surface area contributed by atoms with Crippen molar-refractivity contribution < 1.29 is 4.74 Å². The lowest BCUT2D eigenvalue weighted by Crippen LogP contribution is -2.01. The fourth-order valence-electron chi connectivity index (χ4n) is 2.72. The third-order valence-electron chi connectivity index (χ3n) is 4.25. The highest BCUT2D eigenvalue weighted by Gasteiger charge is 2.24. The summed E-state index contributed by atoms with van der Waals surface area (Å²) in [6.07, 6.45) is 5.71. The Kier molecular flexibility index (Phi) is 3.29. The summed E-state index contributed by atoms with van der Waals surface area (Å²) in [6.45, 7) is 2.62. The molecule has 0 bridgehead atoms. The summed E-state index contributed by atoms with van der Waals surface area (Å²) in [5, 5.41) is 8.70. The van der Waals surface area contributed by atoms with Crippen LogP contribution in [0.1, 0.15) is 29.8 Å². The van der Waals surface area contributed by atoms with Crippen LogP contribution in [0.2, 0.25) is 0 Å². The minimum atomic E-state index is 0.570. The zero-order valence-corrected chi connectivity index (χ0v) is 12.7. The number of aromatic nitrogens is 3. The van der Waals surface area contributed by atoms with Gasteiger partial charge in [-0.05, 0) is 37.3 Å². The summed E-state index contributed by atoms with van der Waals surface area (Å²) in [5.41, 5.74) is 3.12. The smallest absolute Gasteiger partial charge is 0.167 e. The van der Waals surface area contributed by atoms with Crippen LogP contribution >= 0.6 is 0 Å². The van der Waals surface area contributed by atoms with Gasteiger partial charge in [0, 0.05) is 18.2 Å². The van der Waals surface area contributed by atoms with E-state index in [0.29, 0.717) is 6.61 Å². The lowest BCUT2D eigenvalue weighted by molar-refractivity contribution is 0.304. The van der Waals surface area contributed by atoms with Gasteiger partial charge in [-0.1, -0.05) is 30.3 Å². The first-order chi connectivity index (χ1) is 10.8. The molecule has 0 radical (unpaired) electrons. The molecule has 0 aliphatic heterocycles. The zero-order valence-electron chi connectivity index (χ0n) is 12.7. The molecule has 2 heterocycles. The number of hydrogen-bond acceptors (Lipinski definition) is 3. The van der Waals surface area contributed by atoms with Crippen LogP contribution in [-0.4, -0.2) is 14.6 Å². The number of pyridine rings is 1. The van der Waals surface area contributed by atoms with E-state index in [9.17, 15) is 0 Å². The second-order valence-electron chi connectivity index (χ2n) is 6.04. The highest BCUT2D eigenvalue weighted by atomic mass is 16.5. The molecule has 1 aliphatic carbocycles. The van der Waals surface area contributed by atoms with E-state index in [0.717, 1.165) is 40.7 Å². The summed E-state index contributed by atoms with van der Waals surface area (Å²) in [4.78, 5) is 0. The third-order valence-corrected chi connectivity index (χ3v) is 4.25. The normalized spacial score (nSPS) is 14.4. The van der Waals surface area contributed by atoms with Gasteiger partial charge in [-0.2, -0.15) is 0 Å². The molecule has 4 nitrogen and oxygen atoms in total. The van der Waals surface area contributed by atoms with E-state index in [1.807, 2.05) is 37.4 Å². The third kappa shape index (κ3) is 2.56. The van der Waals surface area contributed by atoms with Gasteiger partial charge in [0.05, 0.1) is 0 Å². The van der Waals surface area contributed by atoms with E-state index in [1.54, 1.807) is 0 Å². The lowest BCUT2D eigenvalue weighted by atomic mass is 10.2. The second-order valence-corrected chi connectivity index (χ2v) is 6.04. The number of hydrogen-bond donors (Lipinski definition) is 0. The van der Waals surface area contributed by atoms with Crippen molar-refractivity contribution in [2.24, 2.45) is 5.92 Å². The Morgan fingerprint density at radius 1 is 1.14 bits per heavy atom. The van der Waals surface area contributed by atoms with Crippen molar-refractivity contribution >= 4 is 5.65 Å². The summed E-state index contributed by atoms with van der Waals surface area (Å²) in [7, 11) is 0. The molecule has 1 aliphatic rings. The van der Waals surface area contributed by atoms with Crippen molar-refractivity contribution in [2.45, 2.75) is 32.8 Å². The maximum Gasteiger partial charge on any atom is 0.167 e. The highest BCUT2D eigenvalue weighted by molar-refractivity contribution is 5.54. The maximum absolute atomic E-state index is 5.95. The van der Waals surface area contributed by atoms with E-state index in [1.165, 1.54) is 12.8 Å². The quantitative estimate of drug-likeness (QED) is 0.722. The fourth-order valence-corrected chi connectivity index (χ4v) is 2.72. The van der Waals surface area contributed by atoms with Gasteiger partial charge in [-0.25, -0.2) is 0 Å². The first-order valence-corrected chi connectivity index (χ1v) is 7.81. The Morgan fingerprint density at radius 3 is 2.73 bits per heavy atom. The van der Waals surface area contributed by atoms with Crippen molar-refractivity contribution in [3.63, 3.8) is 0 Å². The molecule has 2 aromatic heterocycles. The average Bonchev–Trinajstić information content (AvgIpc) is 3.27. The van der Waals surface area contributed by atoms with Crippen LogP contribution in [0.15, 0.2) is 42.6 Å². The number of nitrogens with zero attached hydrogens (tertiary/aromatic N) is 3. The van der Waals surface area contributed by atoms with Crippen molar-refractivity contribution in [1.82, 2.24) is 14.6 Å². The van der Waals surface area contributed by atoms with E-state index < -0.39 is 0 Å². The van der Waals surface area contributed by atoms with Gasteiger partial charge in [-0.15, -0.1) is 10.2 Å². The Labute approximate surface area is 129 Å². The van der Waals surface area contributed by atoms with Crippen molar-refractivity contribution in [2.75, 3.05) is 0 Å². The van der Waals surface area contributed by atoms with E-state index in [2.05, 4.69) is 26.7 Å². The van der Waals surface area contributed by atoms with Gasteiger partial charge < -0.3 is 4.74 Å². The molecule has 0 saturated heterocycles. The highest BCUT2D eigenvalue weighted by Crippen LogP contribution is 2.32. The molecule has 4 rings (SSSR count). The molecule has 1 aromatic carbocycles. The van der Waals surface area contributed by atoms with Gasteiger partial charge in [0.1, 0.15) is 18.2 Å². The van der Waals surface area contributed by atoms with Crippen molar-refractivity contribution in [1.29, 1.82) is 0 Å². The molecule has 1 saturated carbocycles. The van der Waals surface area contributed by atoms with Crippen LogP contribution < -0.4 is 4.74 Å². The molecule has 4 heteroatoms. The molecule has 112 valence electrons. The van der Waals surface area contributed by atoms with Crippen LogP contribution in [0.25, 0.3) is 5.65 Å². The molecule has 0 spiro atoms. The summed E-state index contributed by atoms with van der Waals surface area (Å²) in [5.74, 6) is 2.75. The van der Waals surface area contributed by atoms with Crippen LogP contribution in [-0.2, 0) is 13.0 Å². The lowest BCUT2D eigenvalue weighted by Gasteiger charge is -2.10. The first kappa shape index (κ1) is 13.3. The molecule has 0 N–H and O–H groups in total. The summed E-state index contributed by atoms with van der Waals surface area (Å²) in [6, 6.07) is 12.2. The zero-order chi connectivity index (χ0) is 14.9. The largest absolute Gasteiger partial charge is 0.488 e. The average molecular weight is 293 g/mol. The van der Waals surface area contributed by atoms with Crippen LogP contribution in [0.5, 0.6) is 5.75 Å². The molecule has 3 aromatic rings. The Balaban J connectivity index is 1.58. The van der Waals surface area contributed by atoms with Gasteiger partial charge >= 0.3 is 0 Å². The molecule has 0 amide bonds. The Bertz CT molecular complexity index is 791. The predicted molar refractivity (Wildman–Crippen MR) is 84.9 cm³/mol.